The van der Waals surface area contributed by atoms with Crippen LogP contribution in [-0.2, 0) is 10.0 Å². The number of nitrogens with zero attached hydrogens (tertiary/aromatic N) is 3. The summed E-state index contributed by atoms with van der Waals surface area (Å²) in [6.45, 7) is 6.30. The van der Waals surface area contributed by atoms with Crippen LogP contribution < -0.4 is 0 Å². The Morgan fingerprint density at radius 2 is 1.83 bits per heavy atom. The van der Waals surface area contributed by atoms with Crippen LogP contribution in [0.5, 0.6) is 0 Å². The monoisotopic (exact) mass is 489 g/mol. The van der Waals surface area contributed by atoms with Gasteiger partial charge in [0.25, 0.3) is 5.89 Å². The van der Waals surface area contributed by atoms with E-state index < -0.39 is 10.0 Å². The Morgan fingerprint density at radius 3 is 2.53 bits per heavy atom. The molecule has 0 aliphatic rings. The van der Waals surface area contributed by atoms with E-state index in [0.717, 1.165) is 15.6 Å². The lowest BCUT2D eigenvalue weighted by molar-refractivity contribution is 0.419. The van der Waals surface area contributed by atoms with Gasteiger partial charge < -0.3 is 8.94 Å². The molecule has 30 heavy (non-hydrogen) atoms. The molecule has 0 radical (unpaired) electrons. The lowest BCUT2D eigenvalue weighted by Gasteiger charge is -2.18. The van der Waals surface area contributed by atoms with Crippen molar-refractivity contribution in [2.75, 3.05) is 13.1 Å². The molecule has 0 aliphatic carbocycles. The molecule has 0 fully saturated rings. The first kappa shape index (κ1) is 20.8. The van der Waals surface area contributed by atoms with Gasteiger partial charge in [0.05, 0.1) is 4.90 Å². The Balaban J connectivity index is 1.78. The van der Waals surface area contributed by atoms with E-state index in [2.05, 4.69) is 26.1 Å². The van der Waals surface area contributed by atoms with E-state index in [1.807, 2.05) is 45.0 Å². The Morgan fingerprint density at radius 1 is 1.10 bits per heavy atom. The van der Waals surface area contributed by atoms with Crippen molar-refractivity contribution in [1.29, 1.82) is 0 Å². The number of aryl methyl sites for hydroxylation is 1. The highest BCUT2D eigenvalue weighted by Gasteiger charge is 2.25. The van der Waals surface area contributed by atoms with Crippen LogP contribution in [0, 0.1) is 6.92 Å². The molecule has 0 saturated carbocycles. The molecule has 2 heterocycles. The Labute approximate surface area is 182 Å². The zero-order chi connectivity index (χ0) is 21.5. The predicted octanol–water partition coefficient (Wildman–Crippen LogP) is 5.25. The van der Waals surface area contributed by atoms with Gasteiger partial charge in [-0.25, -0.2) is 8.42 Å². The van der Waals surface area contributed by atoms with Gasteiger partial charge in [0.1, 0.15) is 5.58 Å². The van der Waals surface area contributed by atoms with Crippen molar-refractivity contribution in [2.24, 2.45) is 0 Å². The largest absolute Gasteiger partial charge is 0.451 e. The van der Waals surface area contributed by atoms with E-state index in [4.69, 9.17) is 8.94 Å². The summed E-state index contributed by atoms with van der Waals surface area (Å²) < 4.78 is 39.4. The third-order valence-electron chi connectivity index (χ3n) is 4.99. The van der Waals surface area contributed by atoms with E-state index in [1.165, 1.54) is 4.31 Å². The predicted molar refractivity (Wildman–Crippen MR) is 117 cm³/mol. The smallest absolute Gasteiger partial charge is 0.294 e. The van der Waals surface area contributed by atoms with Gasteiger partial charge in [0, 0.05) is 34.1 Å². The second-order valence-electron chi connectivity index (χ2n) is 6.71. The van der Waals surface area contributed by atoms with E-state index in [-0.39, 0.29) is 10.8 Å². The molecule has 9 heteroatoms. The van der Waals surface area contributed by atoms with Gasteiger partial charge in [-0.15, -0.1) is 0 Å². The normalized spacial score (nSPS) is 12.2. The first-order chi connectivity index (χ1) is 14.4. The van der Waals surface area contributed by atoms with Crippen molar-refractivity contribution >= 4 is 36.9 Å². The van der Waals surface area contributed by atoms with E-state index in [9.17, 15) is 8.42 Å². The number of hydrogen-bond acceptors (Lipinski definition) is 6. The summed E-state index contributed by atoms with van der Waals surface area (Å²) >= 11 is 3.49. The standard InChI is InChI=1S/C21H20BrN3O4S/c1-4-25(5-2)30(26,27)14-10-11-18-16(12-14)13(3)19(28-18)21-23-20(24-29-21)15-8-6-7-9-17(15)22/h6-12H,4-5H2,1-3H3. The van der Waals surface area contributed by atoms with Gasteiger partial charge in [-0.2, -0.15) is 9.29 Å². The Hall–Kier alpha value is -2.49. The summed E-state index contributed by atoms with van der Waals surface area (Å²) in [6, 6.07) is 12.4. The van der Waals surface area contributed by atoms with Gasteiger partial charge in [0.15, 0.2) is 5.76 Å². The number of furan rings is 1. The molecule has 0 atom stereocenters. The third-order valence-corrected chi connectivity index (χ3v) is 7.72. The van der Waals surface area contributed by atoms with Crippen LogP contribution in [0.15, 0.2) is 60.8 Å². The zero-order valence-electron chi connectivity index (χ0n) is 16.7. The molecule has 4 aromatic rings. The van der Waals surface area contributed by atoms with Crippen LogP contribution in [0.1, 0.15) is 19.4 Å². The molecule has 0 spiro atoms. The highest BCUT2D eigenvalue weighted by Crippen LogP contribution is 2.35. The molecule has 0 bridgehead atoms. The van der Waals surface area contributed by atoms with Gasteiger partial charge in [0.2, 0.25) is 15.8 Å². The van der Waals surface area contributed by atoms with Crippen molar-refractivity contribution in [2.45, 2.75) is 25.7 Å². The van der Waals surface area contributed by atoms with Crippen LogP contribution in [-0.4, -0.2) is 36.0 Å². The summed E-state index contributed by atoms with van der Waals surface area (Å²) in [5.74, 6) is 1.10. The number of halogens is 1. The summed E-state index contributed by atoms with van der Waals surface area (Å²) in [7, 11) is -3.57. The maximum Gasteiger partial charge on any atom is 0.294 e. The lowest BCUT2D eigenvalue weighted by Crippen LogP contribution is -2.30. The molecule has 7 nitrogen and oxygen atoms in total. The molecular formula is C21H20BrN3O4S. The fourth-order valence-electron chi connectivity index (χ4n) is 3.34. The summed E-state index contributed by atoms with van der Waals surface area (Å²) in [5, 5.41) is 4.75. The third kappa shape index (κ3) is 3.46. The SMILES string of the molecule is CCN(CC)S(=O)(=O)c1ccc2oc(-c3nc(-c4ccccc4Br)no3)c(C)c2c1. The highest BCUT2D eigenvalue weighted by molar-refractivity contribution is 9.10. The minimum Gasteiger partial charge on any atom is -0.451 e. The highest BCUT2D eigenvalue weighted by atomic mass is 79.9. The van der Waals surface area contributed by atoms with Gasteiger partial charge in [-0.3, -0.25) is 0 Å². The number of benzene rings is 2. The topological polar surface area (TPSA) is 89.4 Å². The maximum atomic E-state index is 12.9. The minimum atomic E-state index is -3.57. The lowest BCUT2D eigenvalue weighted by atomic mass is 10.1. The van der Waals surface area contributed by atoms with Crippen LogP contribution in [0.25, 0.3) is 34.0 Å². The quantitative estimate of drug-likeness (QED) is 0.367. The van der Waals surface area contributed by atoms with Crippen LogP contribution >= 0.6 is 15.9 Å². The molecule has 0 unspecified atom stereocenters. The summed E-state index contributed by atoms with van der Waals surface area (Å²) in [4.78, 5) is 4.70. The second kappa shape index (κ2) is 7.98. The first-order valence-corrected chi connectivity index (χ1v) is 11.7. The molecule has 4 rings (SSSR count). The number of hydrogen-bond donors (Lipinski definition) is 0. The number of rotatable bonds is 6. The van der Waals surface area contributed by atoms with Gasteiger partial charge in [-0.1, -0.05) is 47.1 Å². The average molecular weight is 490 g/mol. The fourth-order valence-corrected chi connectivity index (χ4v) is 5.29. The van der Waals surface area contributed by atoms with Crippen molar-refractivity contribution < 1.29 is 17.4 Å². The van der Waals surface area contributed by atoms with Crippen LogP contribution in [0.4, 0.5) is 0 Å². The minimum absolute atomic E-state index is 0.230. The Bertz CT molecular complexity index is 1320. The Kier molecular flexibility index (Phi) is 5.52. The molecule has 0 saturated heterocycles. The van der Waals surface area contributed by atoms with Gasteiger partial charge >= 0.3 is 0 Å². The molecule has 2 aromatic heterocycles. The molecule has 156 valence electrons. The fraction of sp³-hybridized carbons (Fsp3) is 0.238. The first-order valence-electron chi connectivity index (χ1n) is 9.49. The zero-order valence-corrected chi connectivity index (χ0v) is 19.1. The van der Waals surface area contributed by atoms with Crippen LogP contribution in [0.3, 0.4) is 0 Å². The average Bonchev–Trinajstić information content (AvgIpc) is 3.34. The molecule has 0 amide bonds. The molecule has 0 N–H and O–H groups in total. The number of sulfonamides is 1. The van der Waals surface area contributed by atoms with Crippen LogP contribution in [0.2, 0.25) is 0 Å². The summed E-state index contributed by atoms with van der Waals surface area (Å²) in [6.07, 6.45) is 0. The molecule has 2 aromatic carbocycles. The van der Waals surface area contributed by atoms with Crippen molar-refractivity contribution in [3.8, 4) is 23.0 Å². The number of fused-ring (bicyclic) bond motifs is 1. The maximum absolute atomic E-state index is 12.9. The van der Waals surface area contributed by atoms with E-state index in [1.54, 1.807) is 18.2 Å². The molecule has 0 aliphatic heterocycles. The molecular weight excluding hydrogens is 470 g/mol. The van der Waals surface area contributed by atoms with Crippen molar-refractivity contribution in [3.05, 3.63) is 52.5 Å². The van der Waals surface area contributed by atoms with E-state index >= 15 is 0 Å². The van der Waals surface area contributed by atoms with E-state index in [0.29, 0.717) is 35.6 Å². The second-order valence-corrected chi connectivity index (χ2v) is 9.50. The number of aromatic nitrogens is 2. The van der Waals surface area contributed by atoms with Crippen molar-refractivity contribution in [1.82, 2.24) is 14.4 Å². The summed E-state index contributed by atoms with van der Waals surface area (Å²) in [5.41, 5.74) is 2.10. The van der Waals surface area contributed by atoms with Gasteiger partial charge in [-0.05, 0) is 37.3 Å². The van der Waals surface area contributed by atoms with Crippen molar-refractivity contribution in [3.63, 3.8) is 0 Å².